The lowest BCUT2D eigenvalue weighted by Gasteiger charge is -2.20. The molecule has 1 aliphatic heterocycles. The molecule has 1 aliphatic rings. The standard InChI is InChI=1S/C18H20F2N2O2/c1-23-14-4-2-13(3-5-14)11-24-15-6-7-17(16(21)10-15)22-9-8-18(19,20)12-22/h2-7,10H,8-9,11-12,21H2,1H3. The molecule has 0 aromatic heterocycles. The van der Waals surface area contributed by atoms with Crippen LogP contribution >= 0.6 is 0 Å². The van der Waals surface area contributed by atoms with E-state index in [4.69, 9.17) is 15.2 Å². The van der Waals surface area contributed by atoms with E-state index in [9.17, 15) is 8.78 Å². The normalized spacial score (nSPS) is 16.2. The van der Waals surface area contributed by atoms with E-state index in [0.717, 1.165) is 11.3 Å². The molecular formula is C18H20F2N2O2. The van der Waals surface area contributed by atoms with Crippen molar-refractivity contribution in [3.63, 3.8) is 0 Å². The van der Waals surface area contributed by atoms with Gasteiger partial charge in [-0.2, -0.15) is 0 Å². The van der Waals surface area contributed by atoms with Crippen LogP contribution in [-0.2, 0) is 6.61 Å². The Kier molecular flexibility index (Phi) is 4.46. The number of nitrogens with two attached hydrogens (primary N) is 1. The Hall–Kier alpha value is -2.50. The lowest BCUT2D eigenvalue weighted by Crippen LogP contribution is -2.25. The van der Waals surface area contributed by atoms with E-state index in [-0.39, 0.29) is 13.0 Å². The van der Waals surface area contributed by atoms with Gasteiger partial charge in [0, 0.05) is 19.0 Å². The van der Waals surface area contributed by atoms with Crippen molar-refractivity contribution in [1.29, 1.82) is 0 Å². The third-order valence-electron chi connectivity index (χ3n) is 4.07. The zero-order valence-corrected chi connectivity index (χ0v) is 13.5. The number of halogens is 2. The van der Waals surface area contributed by atoms with E-state index in [1.54, 1.807) is 30.2 Å². The molecule has 0 amide bonds. The number of nitrogens with zero attached hydrogens (tertiary/aromatic N) is 1. The highest BCUT2D eigenvalue weighted by atomic mass is 19.3. The Bertz CT molecular complexity index is 705. The molecule has 0 atom stereocenters. The van der Waals surface area contributed by atoms with Crippen LogP contribution in [0.1, 0.15) is 12.0 Å². The summed E-state index contributed by atoms with van der Waals surface area (Å²) in [6.45, 7) is 0.414. The topological polar surface area (TPSA) is 47.7 Å². The van der Waals surface area contributed by atoms with Crippen LogP contribution < -0.4 is 20.1 Å². The molecule has 0 bridgehead atoms. The predicted octanol–water partition coefficient (Wildman–Crippen LogP) is 3.70. The van der Waals surface area contributed by atoms with Crippen molar-refractivity contribution >= 4 is 11.4 Å². The van der Waals surface area contributed by atoms with Gasteiger partial charge in [-0.15, -0.1) is 0 Å². The first-order valence-corrected chi connectivity index (χ1v) is 7.75. The van der Waals surface area contributed by atoms with Crippen LogP contribution in [0.15, 0.2) is 42.5 Å². The molecular weight excluding hydrogens is 314 g/mol. The van der Waals surface area contributed by atoms with Gasteiger partial charge in [-0.25, -0.2) is 8.78 Å². The second kappa shape index (κ2) is 6.55. The summed E-state index contributed by atoms with van der Waals surface area (Å²) >= 11 is 0. The maximum Gasteiger partial charge on any atom is 0.266 e. The minimum absolute atomic E-state index is 0.137. The highest BCUT2D eigenvalue weighted by Gasteiger charge is 2.38. The molecule has 0 unspecified atom stereocenters. The Morgan fingerprint density at radius 3 is 2.42 bits per heavy atom. The van der Waals surface area contributed by atoms with E-state index < -0.39 is 5.92 Å². The molecule has 6 heteroatoms. The quantitative estimate of drug-likeness (QED) is 0.847. The van der Waals surface area contributed by atoms with Gasteiger partial charge in [0.2, 0.25) is 0 Å². The monoisotopic (exact) mass is 334 g/mol. The zero-order valence-electron chi connectivity index (χ0n) is 13.5. The van der Waals surface area contributed by atoms with Gasteiger partial charge < -0.3 is 20.1 Å². The van der Waals surface area contributed by atoms with E-state index >= 15 is 0 Å². The summed E-state index contributed by atoms with van der Waals surface area (Å²) in [5.41, 5.74) is 8.08. The maximum absolute atomic E-state index is 13.3. The summed E-state index contributed by atoms with van der Waals surface area (Å²) in [6.07, 6.45) is -0.137. The highest BCUT2D eigenvalue weighted by molar-refractivity contribution is 5.70. The number of benzene rings is 2. The van der Waals surface area contributed by atoms with E-state index in [0.29, 0.717) is 30.3 Å². The van der Waals surface area contributed by atoms with Crippen molar-refractivity contribution in [3.05, 3.63) is 48.0 Å². The van der Waals surface area contributed by atoms with Crippen molar-refractivity contribution in [3.8, 4) is 11.5 Å². The Balaban J connectivity index is 1.64. The molecule has 128 valence electrons. The lowest BCUT2D eigenvalue weighted by atomic mass is 10.2. The summed E-state index contributed by atoms with van der Waals surface area (Å²) < 4.78 is 37.5. The Morgan fingerprint density at radius 1 is 1.12 bits per heavy atom. The number of hydrogen-bond donors (Lipinski definition) is 1. The second-order valence-electron chi connectivity index (χ2n) is 5.88. The minimum Gasteiger partial charge on any atom is -0.497 e. The molecule has 1 saturated heterocycles. The first kappa shape index (κ1) is 16.4. The number of hydrogen-bond acceptors (Lipinski definition) is 4. The zero-order chi connectivity index (χ0) is 17.2. The molecule has 2 aromatic carbocycles. The Morgan fingerprint density at radius 2 is 1.83 bits per heavy atom. The van der Waals surface area contributed by atoms with Crippen LogP contribution in [0.3, 0.4) is 0 Å². The fraction of sp³-hybridized carbons (Fsp3) is 0.333. The third-order valence-corrected chi connectivity index (χ3v) is 4.07. The molecule has 3 rings (SSSR count). The SMILES string of the molecule is COc1ccc(COc2ccc(N3CCC(F)(F)C3)c(N)c2)cc1. The molecule has 1 fully saturated rings. The molecule has 24 heavy (non-hydrogen) atoms. The third kappa shape index (κ3) is 3.69. The number of methoxy groups -OCH3 is 1. The molecule has 0 aliphatic carbocycles. The maximum atomic E-state index is 13.3. The molecule has 2 N–H and O–H groups in total. The predicted molar refractivity (Wildman–Crippen MR) is 90.0 cm³/mol. The smallest absolute Gasteiger partial charge is 0.266 e. The minimum atomic E-state index is -2.64. The van der Waals surface area contributed by atoms with Crippen molar-refractivity contribution in [2.45, 2.75) is 19.0 Å². The number of anilines is 2. The van der Waals surface area contributed by atoms with Crippen LogP contribution in [-0.4, -0.2) is 26.1 Å². The summed E-state index contributed by atoms with van der Waals surface area (Å²) in [7, 11) is 1.62. The van der Waals surface area contributed by atoms with Crippen molar-refractivity contribution in [2.24, 2.45) is 0 Å². The van der Waals surface area contributed by atoms with E-state index in [1.807, 2.05) is 24.3 Å². The molecule has 4 nitrogen and oxygen atoms in total. The van der Waals surface area contributed by atoms with Crippen LogP contribution in [0.5, 0.6) is 11.5 Å². The molecule has 2 aromatic rings. The van der Waals surface area contributed by atoms with E-state index in [1.165, 1.54) is 0 Å². The summed E-state index contributed by atoms with van der Waals surface area (Å²) in [6, 6.07) is 12.7. The number of nitrogen functional groups attached to an aromatic ring is 1. The fourth-order valence-electron chi connectivity index (χ4n) is 2.74. The molecule has 0 saturated carbocycles. The fourth-order valence-corrected chi connectivity index (χ4v) is 2.74. The van der Waals surface area contributed by atoms with Gasteiger partial charge in [0.15, 0.2) is 0 Å². The molecule has 0 radical (unpaired) electrons. The summed E-state index contributed by atoms with van der Waals surface area (Å²) in [4.78, 5) is 1.61. The highest BCUT2D eigenvalue weighted by Crippen LogP contribution is 2.35. The van der Waals surface area contributed by atoms with Crippen LogP contribution in [0.4, 0.5) is 20.2 Å². The van der Waals surface area contributed by atoms with Gasteiger partial charge >= 0.3 is 0 Å². The van der Waals surface area contributed by atoms with Gasteiger partial charge in [-0.05, 0) is 29.8 Å². The molecule has 0 spiro atoms. The van der Waals surface area contributed by atoms with Gasteiger partial charge in [-0.1, -0.05) is 12.1 Å². The van der Waals surface area contributed by atoms with Crippen LogP contribution in [0, 0.1) is 0 Å². The van der Waals surface area contributed by atoms with Gasteiger partial charge in [0.05, 0.1) is 25.0 Å². The largest absolute Gasteiger partial charge is 0.497 e. The van der Waals surface area contributed by atoms with Crippen molar-refractivity contribution in [1.82, 2.24) is 0 Å². The number of ether oxygens (including phenoxy) is 2. The first-order valence-electron chi connectivity index (χ1n) is 7.75. The van der Waals surface area contributed by atoms with Crippen molar-refractivity contribution < 1.29 is 18.3 Å². The molecule has 1 heterocycles. The van der Waals surface area contributed by atoms with Gasteiger partial charge in [-0.3, -0.25) is 0 Å². The second-order valence-corrected chi connectivity index (χ2v) is 5.88. The van der Waals surface area contributed by atoms with Crippen molar-refractivity contribution in [2.75, 3.05) is 30.8 Å². The van der Waals surface area contributed by atoms with Gasteiger partial charge in [0.25, 0.3) is 5.92 Å². The number of rotatable bonds is 5. The number of alkyl halides is 2. The Labute approximate surface area is 139 Å². The van der Waals surface area contributed by atoms with Gasteiger partial charge in [0.1, 0.15) is 18.1 Å². The summed E-state index contributed by atoms with van der Waals surface area (Å²) in [5, 5.41) is 0. The van der Waals surface area contributed by atoms with Crippen LogP contribution in [0.25, 0.3) is 0 Å². The summed E-state index contributed by atoms with van der Waals surface area (Å²) in [5.74, 6) is -1.25. The average Bonchev–Trinajstić information content (AvgIpc) is 2.93. The van der Waals surface area contributed by atoms with Crippen LogP contribution in [0.2, 0.25) is 0 Å². The lowest BCUT2D eigenvalue weighted by molar-refractivity contribution is 0.0257. The average molecular weight is 334 g/mol. The first-order chi connectivity index (χ1) is 11.5. The van der Waals surface area contributed by atoms with E-state index in [2.05, 4.69) is 0 Å².